The molecule has 1 aromatic rings. The molecule has 1 atom stereocenters. The Kier molecular flexibility index (Phi) is 5.12. The van der Waals surface area contributed by atoms with Crippen LogP contribution in [0.2, 0.25) is 0 Å². The van der Waals surface area contributed by atoms with Crippen LogP contribution in [0.25, 0.3) is 0 Å². The molecule has 0 aromatic heterocycles. The molecule has 6 heteroatoms. The molecule has 2 rings (SSSR count). The normalized spacial score (nSPS) is 20.9. The minimum Gasteiger partial charge on any atom is -0.350 e. The third-order valence-corrected chi connectivity index (χ3v) is 4.14. The van der Waals surface area contributed by atoms with E-state index in [0.717, 1.165) is 19.6 Å². The van der Waals surface area contributed by atoms with E-state index in [1.807, 2.05) is 7.05 Å². The number of nitrogens with zero attached hydrogens (tertiary/aromatic N) is 2. The number of amides is 1. The van der Waals surface area contributed by atoms with E-state index in [0.29, 0.717) is 11.0 Å². The summed E-state index contributed by atoms with van der Waals surface area (Å²) in [4.78, 5) is 16.5. The van der Waals surface area contributed by atoms with Crippen molar-refractivity contribution in [3.05, 3.63) is 34.1 Å². The summed E-state index contributed by atoms with van der Waals surface area (Å²) < 4.78 is 14.3. The van der Waals surface area contributed by atoms with Crippen molar-refractivity contribution in [1.82, 2.24) is 15.1 Å². The van der Waals surface area contributed by atoms with Gasteiger partial charge in [-0.2, -0.15) is 0 Å². The summed E-state index contributed by atoms with van der Waals surface area (Å²) in [5.41, 5.74) is 0.0752. The highest BCUT2D eigenvalue weighted by atomic mass is 79.9. The molecular weight excluding hydrogens is 325 g/mol. The van der Waals surface area contributed by atoms with E-state index in [4.69, 9.17) is 0 Å². The molecule has 1 unspecified atom stereocenters. The Hall–Kier alpha value is -0.980. The summed E-state index contributed by atoms with van der Waals surface area (Å²) in [6, 6.07) is 4.63. The summed E-state index contributed by atoms with van der Waals surface area (Å²) in [5, 5.41) is 2.82. The second-order valence-corrected chi connectivity index (χ2v) is 6.15. The molecule has 20 heavy (non-hydrogen) atoms. The van der Waals surface area contributed by atoms with Crippen LogP contribution in [-0.4, -0.2) is 62.0 Å². The van der Waals surface area contributed by atoms with Crippen LogP contribution in [0.1, 0.15) is 10.4 Å². The van der Waals surface area contributed by atoms with Gasteiger partial charge in [-0.3, -0.25) is 9.69 Å². The lowest BCUT2D eigenvalue weighted by Crippen LogP contribution is -2.54. The SMILES string of the molecule is CN1CCN(C)C(CNC(=O)c2cc(Br)ccc2F)C1. The van der Waals surface area contributed by atoms with E-state index in [-0.39, 0.29) is 17.5 Å². The van der Waals surface area contributed by atoms with Crippen molar-refractivity contribution in [2.75, 3.05) is 40.3 Å². The van der Waals surface area contributed by atoms with Gasteiger partial charge in [-0.15, -0.1) is 0 Å². The van der Waals surface area contributed by atoms with Crippen LogP contribution in [0, 0.1) is 5.82 Å². The number of rotatable bonds is 3. The number of carbonyl (C=O) groups is 1. The Morgan fingerprint density at radius 3 is 2.95 bits per heavy atom. The van der Waals surface area contributed by atoms with Gasteiger partial charge < -0.3 is 10.2 Å². The van der Waals surface area contributed by atoms with E-state index in [1.54, 1.807) is 6.07 Å². The molecule has 1 amide bonds. The molecule has 1 aromatic carbocycles. The van der Waals surface area contributed by atoms with E-state index < -0.39 is 5.82 Å². The fourth-order valence-corrected chi connectivity index (χ4v) is 2.66. The van der Waals surface area contributed by atoms with E-state index in [2.05, 4.69) is 38.1 Å². The minimum atomic E-state index is -0.500. The van der Waals surface area contributed by atoms with Gasteiger partial charge in [0.15, 0.2) is 0 Å². The Morgan fingerprint density at radius 2 is 2.20 bits per heavy atom. The fourth-order valence-electron chi connectivity index (χ4n) is 2.30. The molecule has 1 saturated heterocycles. The molecule has 0 saturated carbocycles. The van der Waals surface area contributed by atoms with Crippen molar-refractivity contribution in [3.63, 3.8) is 0 Å². The fraction of sp³-hybridized carbons (Fsp3) is 0.500. The molecule has 1 N–H and O–H groups in total. The predicted molar refractivity (Wildman–Crippen MR) is 80.3 cm³/mol. The quantitative estimate of drug-likeness (QED) is 0.904. The number of hydrogen-bond donors (Lipinski definition) is 1. The number of nitrogens with one attached hydrogen (secondary N) is 1. The molecule has 0 radical (unpaired) electrons. The maximum absolute atomic E-state index is 13.6. The highest BCUT2D eigenvalue weighted by molar-refractivity contribution is 9.10. The molecule has 1 fully saturated rings. The number of benzene rings is 1. The third-order valence-electron chi connectivity index (χ3n) is 3.65. The highest BCUT2D eigenvalue weighted by Gasteiger charge is 2.23. The zero-order valence-corrected chi connectivity index (χ0v) is 13.3. The van der Waals surface area contributed by atoms with Crippen LogP contribution in [0.15, 0.2) is 22.7 Å². The first kappa shape index (κ1) is 15.4. The van der Waals surface area contributed by atoms with Crippen molar-refractivity contribution in [1.29, 1.82) is 0 Å². The molecule has 4 nitrogen and oxygen atoms in total. The summed E-state index contributed by atoms with van der Waals surface area (Å²) in [6.45, 7) is 3.42. The number of hydrogen-bond acceptors (Lipinski definition) is 3. The Balaban J connectivity index is 1.96. The van der Waals surface area contributed by atoms with Gasteiger partial charge in [0.1, 0.15) is 5.82 Å². The van der Waals surface area contributed by atoms with Crippen LogP contribution in [0.5, 0.6) is 0 Å². The predicted octanol–water partition coefficient (Wildman–Crippen LogP) is 1.56. The van der Waals surface area contributed by atoms with Gasteiger partial charge in [0, 0.05) is 36.7 Å². The van der Waals surface area contributed by atoms with Crippen molar-refractivity contribution in [2.45, 2.75) is 6.04 Å². The largest absolute Gasteiger partial charge is 0.350 e. The summed E-state index contributed by atoms with van der Waals surface area (Å²) in [7, 11) is 4.11. The van der Waals surface area contributed by atoms with Crippen molar-refractivity contribution in [2.24, 2.45) is 0 Å². The highest BCUT2D eigenvalue weighted by Crippen LogP contribution is 2.15. The van der Waals surface area contributed by atoms with Crippen LogP contribution in [0.4, 0.5) is 4.39 Å². The maximum Gasteiger partial charge on any atom is 0.254 e. The lowest BCUT2D eigenvalue weighted by molar-refractivity contribution is 0.0877. The van der Waals surface area contributed by atoms with Gasteiger partial charge in [0.05, 0.1) is 5.56 Å². The molecular formula is C14H19BrFN3O. The average molecular weight is 344 g/mol. The lowest BCUT2D eigenvalue weighted by Gasteiger charge is -2.37. The standard InChI is InChI=1S/C14H19BrFN3O/c1-18-5-6-19(2)11(9-18)8-17-14(20)12-7-10(15)3-4-13(12)16/h3-4,7,11H,5-6,8-9H2,1-2H3,(H,17,20). The topological polar surface area (TPSA) is 35.6 Å². The first-order valence-electron chi connectivity index (χ1n) is 6.59. The molecule has 0 aliphatic carbocycles. The smallest absolute Gasteiger partial charge is 0.254 e. The monoisotopic (exact) mass is 343 g/mol. The lowest BCUT2D eigenvalue weighted by atomic mass is 10.1. The first-order chi connectivity index (χ1) is 9.47. The number of piperazine rings is 1. The van der Waals surface area contributed by atoms with E-state index in [1.165, 1.54) is 12.1 Å². The number of carbonyl (C=O) groups excluding carboxylic acids is 1. The Bertz CT molecular complexity index is 497. The van der Waals surface area contributed by atoms with E-state index in [9.17, 15) is 9.18 Å². The number of likely N-dealkylation sites (N-methyl/N-ethyl adjacent to an activating group) is 2. The average Bonchev–Trinajstić information content (AvgIpc) is 2.42. The minimum absolute atomic E-state index is 0.0752. The molecule has 0 spiro atoms. The van der Waals surface area contributed by atoms with Crippen molar-refractivity contribution >= 4 is 21.8 Å². The molecule has 1 aliphatic heterocycles. The second-order valence-electron chi connectivity index (χ2n) is 5.23. The van der Waals surface area contributed by atoms with Gasteiger partial charge >= 0.3 is 0 Å². The number of halogens is 2. The van der Waals surface area contributed by atoms with Gasteiger partial charge in [-0.05, 0) is 32.3 Å². The summed E-state index contributed by atoms with van der Waals surface area (Å²) in [6.07, 6.45) is 0. The van der Waals surface area contributed by atoms with Gasteiger partial charge in [0.2, 0.25) is 0 Å². The summed E-state index contributed by atoms with van der Waals surface area (Å²) in [5.74, 6) is -0.870. The van der Waals surface area contributed by atoms with E-state index >= 15 is 0 Å². The zero-order chi connectivity index (χ0) is 14.7. The first-order valence-corrected chi connectivity index (χ1v) is 7.38. The van der Waals surface area contributed by atoms with Crippen LogP contribution in [-0.2, 0) is 0 Å². The van der Waals surface area contributed by atoms with Gasteiger partial charge in [-0.25, -0.2) is 4.39 Å². The third kappa shape index (κ3) is 3.77. The molecule has 110 valence electrons. The molecule has 0 bridgehead atoms. The zero-order valence-electron chi connectivity index (χ0n) is 11.7. The van der Waals surface area contributed by atoms with Crippen LogP contribution >= 0.6 is 15.9 Å². The van der Waals surface area contributed by atoms with Gasteiger partial charge in [-0.1, -0.05) is 15.9 Å². The molecule has 1 aliphatic rings. The van der Waals surface area contributed by atoms with Crippen molar-refractivity contribution < 1.29 is 9.18 Å². The maximum atomic E-state index is 13.6. The Morgan fingerprint density at radius 1 is 1.45 bits per heavy atom. The van der Waals surface area contributed by atoms with Crippen LogP contribution < -0.4 is 5.32 Å². The molecule has 1 heterocycles. The van der Waals surface area contributed by atoms with Crippen molar-refractivity contribution in [3.8, 4) is 0 Å². The van der Waals surface area contributed by atoms with Crippen LogP contribution in [0.3, 0.4) is 0 Å². The summed E-state index contributed by atoms with van der Waals surface area (Å²) >= 11 is 3.25. The van der Waals surface area contributed by atoms with Gasteiger partial charge in [0.25, 0.3) is 5.91 Å². The Labute approximate surface area is 127 Å². The second kappa shape index (κ2) is 6.65.